The Morgan fingerprint density at radius 3 is 2.44 bits per heavy atom. The molecule has 1 nitrogen and oxygen atoms in total. The van der Waals surface area contributed by atoms with Crippen molar-refractivity contribution in [2.24, 2.45) is 0 Å². The van der Waals surface area contributed by atoms with Crippen LogP contribution in [0.4, 0.5) is 0 Å². The molecule has 1 aliphatic rings. The number of rotatable bonds is 2. The molecular formula is C17H19N. The van der Waals surface area contributed by atoms with Gasteiger partial charge in [-0.25, -0.2) is 0 Å². The summed E-state index contributed by atoms with van der Waals surface area (Å²) in [7, 11) is 2.07. The molecular weight excluding hydrogens is 218 g/mol. The van der Waals surface area contributed by atoms with Gasteiger partial charge in [-0.05, 0) is 36.6 Å². The molecule has 1 heteroatoms. The van der Waals surface area contributed by atoms with E-state index in [1.54, 1.807) is 0 Å². The average Bonchev–Trinajstić information content (AvgIpc) is 2.47. The number of fused-ring (bicyclic) bond motifs is 1. The smallest absolute Gasteiger partial charge is 0.0114 e. The van der Waals surface area contributed by atoms with Crippen LogP contribution in [0.3, 0.4) is 0 Å². The molecule has 1 aliphatic carbocycles. The van der Waals surface area contributed by atoms with Gasteiger partial charge < -0.3 is 5.32 Å². The Morgan fingerprint density at radius 2 is 1.67 bits per heavy atom. The van der Waals surface area contributed by atoms with Gasteiger partial charge in [-0.3, -0.25) is 0 Å². The molecule has 2 aromatic carbocycles. The molecule has 92 valence electrons. The highest BCUT2D eigenvalue weighted by molar-refractivity contribution is 5.40. The maximum atomic E-state index is 3.44. The second-order valence-electron chi connectivity index (χ2n) is 5.09. The van der Waals surface area contributed by atoms with Gasteiger partial charge in [-0.15, -0.1) is 0 Å². The molecule has 3 rings (SSSR count). The minimum absolute atomic E-state index is 0.536. The van der Waals surface area contributed by atoms with Gasteiger partial charge in [-0.1, -0.05) is 54.6 Å². The van der Waals surface area contributed by atoms with Crippen molar-refractivity contribution in [3.63, 3.8) is 0 Å². The van der Waals surface area contributed by atoms with Crippen molar-refractivity contribution in [2.45, 2.75) is 24.8 Å². The number of hydrogen-bond acceptors (Lipinski definition) is 1. The summed E-state index contributed by atoms with van der Waals surface area (Å²) in [6.45, 7) is 0. The number of nitrogens with one attached hydrogen (secondary N) is 1. The van der Waals surface area contributed by atoms with Gasteiger partial charge in [0.05, 0.1) is 0 Å². The summed E-state index contributed by atoms with van der Waals surface area (Å²) in [6.07, 6.45) is 2.34. The van der Waals surface area contributed by atoms with E-state index in [0.717, 1.165) is 6.42 Å². The lowest BCUT2D eigenvalue weighted by Crippen LogP contribution is -2.33. The van der Waals surface area contributed by atoms with Crippen molar-refractivity contribution in [1.82, 2.24) is 5.32 Å². The van der Waals surface area contributed by atoms with Crippen molar-refractivity contribution in [1.29, 1.82) is 0 Å². The minimum Gasteiger partial charge on any atom is -0.317 e. The Morgan fingerprint density at radius 1 is 0.944 bits per heavy atom. The van der Waals surface area contributed by atoms with Crippen molar-refractivity contribution in [2.75, 3.05) is 7.05 Å². The fraction of sp³-hybridized carbons (Fsp3) is 0.294. The van der Waals surface area contributed by atoms with Gasteiger partial charge in [0, 0.05) is 12.0 Å². The first-order chi connectivity index (χ1) is 8.88. The topological polar surface area (TPSA) is 12.0 Å². The monoisotopic (exact) mass is 237 g/mol. The molecule has 0 amide bonds. The molecule has 0 fully saturated rings. The predicted molar refractivity (Wildman–Crippen MR) is 75.9 cm³/mol. The summed E-state index contributed by atoms with van der Waals surface area (Å²) >= 11 is 0. The van der Waals surface area contributed by atoms with E-state index in [1.807, 2.05) is 0 Å². The average molecular weight is 237 g/mol. The van der Waals surface area contributed by atoms with E-state index in [9.17, 15) is 0 Å². The van der Waals surface area contributed by atoms with Crippen LogP contribution in [0.25, 0.3) is 0 Å². The first-order valence-electron chi connectivity index (χ1n) is 6.68. The van der Waals surface area contributed by atoms with Gasteiger partial charge >= 0.3 is 0 Å². The number of benzene rings is 2. The van der Waals surface area contributed by atoms with E-state index in [1.165, 1.54) is 23.1 Å². The summed E-state index contributed by atoms with van der Waals surface area (Å²) in [4.78, 5) is 0. The molecule has 0 saturated heterocycles. The molecule has 18 heavy (non-hydrogen) atoms. The molecule has 0 radical (unpaired) electrons. The van der Waals surface area contributed by atoms with Crippen LogP contribution in [0, 0.1) is 0 Å². The molecule has 2 atom stereocenters. The minimum atomic E-state index is 0.536. The largest absolute Gasteiger partial charge is 0.317 e. The molecule has 0 spiro atoms. The van der Waals surface area contributed by atoms with Crippen LogP contribution in [0.2, 0.25) is 0 Å². The van der Waals surface area contributed by atoms with Crippen molar-refractivity contribution in [3.05, 3.63) is 71.3 Å². The third-order valence-electron chi connectivity index (χ3n) is 4.03. The van der Waals surface area contributed by atoms with E-state index in [4.69, 9.17) is 0 Å². The van der Waals surface area contributed by atoms with Gasteiger partial charge in [0.2, 0.25) is 0 Å². The molecule has 0 unspecified atom stereocenters. The van der Waals surface area contributed by atoms with Crippen LogP contribution in [0.1, 0.15) is 29.0 Å². The SMILES string of the molecule is CN[C@@H]1Cc2ccccc2[C@H](c2ccccc2)C1. The third-order valence-corrected chi connectivity index (χ3v) is 4.03. The van der Waals surface area contributed by atoms with Crippen LogP contribution in [-0.4, -0.2) is 13.1 Å². The maximum Gasteiger partial charge on any atom is 0.0114 e. The van der Waals surface area contributed by atoms with Crippen LogP contribution >= 0.6 is 0 Å². The van der Waals surface area contributed by atoms with Crippen molar-refractivity contribution in [3.8, 4) is 0 Å². The highest BCUT2D eigenvalue weighted by Crippen LogP contribution is 2.36. The molecule has 0 bridgehead atoms. The Bertz CT molecular complexity index is 518. The molecule has 1 N–H and O–H groups in total. The zero-order valence-corrected chi connectivity index (χ0v) is 10.8. The summed E-state index contributed by atoms with van der Waals surface area (Å²) in [5.41, 5.74) is 4.44. The molecule has 0 aliphatic heterocycles. The van der Waals surface area contributed by atoms with E-state index < -0.39 is 0 Å². The summed E-state index contributed by atoms with van der Waals surface area (Å²) in [5, 5.41) is 3.44. The van der Waals surface area contributed by atoms with Crippen LogP contribution in [-0.2, 0) is 6.42 Å². The van der Waals surface area contributed by atoms with E-state index in [2.05, 4.69) is 67.0 Å². The lowest BCUT2D eigenvalue weighted by molar-refractivity contribution is 0.465. The Kier molecular flexibility index (Phi) is 3.16. The normalized spacial score (nSPS) is 22.5. The molecule has 0 aromatic heterocycles. The van der Waals surface area contributed by atoms with E-state index in [0.29, 0.717) is 12.0 Å². The fourth-order valence-electron chi connectivity index (χ4n) is 3.04. The zero-order chi connectivity index (χ0) is 12.4. The Balaban J connectivity index is 2.04. The zero-order valence-electron chi connectivity index (χ0n) is 10.8. The summed E-state index contributed by atoms with van der Waals surface area (Å²) < 4.78 is 0. The van der Waals surface area contributed by atoms with E-state index >= 15 is 0 Å². The third kappa shape index (κ3) is 2.06. The van der Waals surface area contributed by atoms with Crippen LogP contribution in [0.5, 0.6) is 0 Å². The molecule has 0 saturated carbocycles. The van der Waals surface area contributed by atoms with Crippen LogP contribution in [0.15, 0.2) is 54.6 Å². The highest BCUT2D eigenvalue weighted by Gasteiger charge is 2.26. The van der Waals surface area contributed by atoms with Crippen LogP contribution < -0.4 is 5.32 Å². The maximum absolute atomic E-state index is 3.44. The van der Waals surface area contributed by atoms with Crippen molar-refractivity contribution < 1.29 is 0 Å². The summed E-state index contributed by atoms with van der Waals surface area (Å²) in [5.74, 6) is 0.536. The Hall–Kier alpha value is -1.60. The van der Waals surface area contributed by atoms with Crippen molar-refractivity contribution >= 4 is 0 Å². The fourth-order valence-corrected chi connectivity index (χ4v) is 3.04. The summed E-state index contributed by atoms with van der Waals surface area (Å²) in [6, 6.07) is 20.3. The number of likely N-dealkylation sites (N-methyl/N-ethyl adjacent to an activating group) is 1. The van der Waals surface area contributed by atoms with E-state index in [-0.39, 0.29) is 0 Å². The molecule has 2 aromatic rings. The second-order valence-corrected chi connectivity index (χ2v) is 5.09. The number of hydrogen-bond donors (Lipinski definition) is 1. The van der Waals surface area contributed by atoms with Gasteiger partial charge in [0.15, 0.2) is 0 Å². The molecule has 0 heterocycles. The quantitative estimate of drug-likeness (QED) is 0.844. The van der Waals surface area contributed by atoms with Gasteiger partial charge in [-0.2, -0.15) is 0 Å². The van der Waals surface area contributed by atoms with Gasteiger partial charge in [0.25, 0.3) is 0 Å². The standard InChI is InChI=1S/C17H19N/c1-18-15-11-14-9-5-6-10-16(14)17(12-15)13-7-3-2-4-8-13/h2-10,15,17-18H,11-12H2,1H3/t15-,17+/m1/s1. The highest BCUT2D eigenvalue weighted by atomic mass is 14.9. The first kappa shape index (κ1) is 11.5. The lowest BCUT2D eigenvalue weighted by Gasteiger charge is -2.31. The Labute approximate surface area is 109 Å². The predicted octanol–water partition coefficient (Wildman–Crippen LogP) is 3.35. The second kappa shape index (κ2) is 4.95. The lowest BCUT2D eigenvalue weighted by atomic mass is 9.77. The van der Waals surface area contributed by atoms with Gasteiger partial charge in [0.1, 0.15) is 0 Å². The first-order valence-corrected chi connectivity index (χ1v) is 6.68.